The molecule has 42 heavy (non-hydrogen) atoms. The fraction of sp³-hybridized carbons (Fsp3) is 0.424. The lowest BCUT2D eigenvalue weighted by Crippen LogP contribution is -2.27. The van der Waals surface area contributed by atoms with Crippen molar-refractivity contribution in [2.45, 2.75) is 51.6 Å². The standard InChI is InChI=1S/C33H36F3NO4.ClH/c1-32(2,3)31(38)41-26-13-14-27-29(20-26)40-21-28(23-7-6-8-24(19-23)33(34,35)36)30(27)22-9-11-25(12-10-22)39-18-17-37-15-4-5-16-37;/h6-14,19-20,28,30H,4-5,15-18,21H2,1-3H3;1H/t28-,30-;/m1./s1. The number of halogens is 4. The number of hydrogen-bond acceptors (Lipinski definition) is 5. The summed E-state index contributed by atoms with van der Waals surface area (Å²) in [5, 5.41) is 0. The molecule has 0 N–H and O–H groups in total. The first-order valence-corrected chi connectivity index (χ1v) is 14.1. The highest BCUT2D eigenvalue weighted by Crippen LogP contribution is 2.48. The molecule has 2 heterocycles. The second-order valence-corrected chi connectivity index (χ2v) is 11.8. The zero-order chi connectivity index (χ0) is 29.2. The topological polar surface area (TPSA) is 48.0 Å². The molecule has 1 saturated heterocycles. The van der Waals surface area contributed by atoms with Crippen molar-refractivity contribution in [3.05, 3.63) is 89.0 Å². The molecular formula is C33H37ClF3NO4. The van der Waals surface area contributed by atoms with E-state index in [9.17, 15) is 18.0 Å². The van der Waals surface area contributed by atoms with Gasteiger partial charge < -0.3 is 14.2 Å². The maximum atomic E-state index is 13.6. The van der Waals surface area contributed by atoms with E-state index in [0.29, 0.717) is 23.7 Å². The lowest BCUT2D eigenvalue weighted by Gasteiger charge is -2.35. The summed E-state index contributed by atoms with van der Waals surface area (Å²) in [6.45, 7) is 9.21. The molecule has 9 heteroatoms. The predicted molar refractivity (Wildman–Crippen MR) is 158 cm³/mol. The Morgan fingerprint density at radius 3 is 2.29 bits per heavy atom. The molecule has 0 bridgehead atoms. The van der Waals surface area contributed by atoms with Crippen molar-refractivity contribution in [3.8, 4) is 17.2 Å². The van der Waals surface area contributed by atoms with E-state index in [1.54, 1.807) is 39.0 Å². The minimum atomic E-state index is -4.45. The quantitative estimate of drug-likeness (QED) is 0.203. The van der Waals surface area contributed by atoms with Crippen LogP contribution in [0.5, 0.6) is 17.2 Å². The van der Waals surface area contributed by atoms with Gasteiger partial charge in [-0.3, -0.25) is 9.69 Å². The molecular weight excluding hydrogens is 567 g/mol. The van der Waals surface area contributed by atoms with Gasteiger partial charge in [-0.2, -0.15) is 13.2 Å². The smallest absolute Gasteiger partial charge is 0.416 e. The highest BCUT2D eigenvalue weighted by atomic mass is 35.5. The van der Waals surface area contributed by atoms with E-state index >= 15 is 0 Å². The van der Waals surface area contributed by atoms with Gasteiger partial charge in [0.25, 0.3) is 0 Å². The minimum Gasteiger partial charge on any atom is -0.492 e. The van der Waals surface area contributed by atoms with E-state index < -0.39 is 17.2 Å². The number of nitrogens with zero attached hydrogens (tertiary/aromatic N) is 1. The SMILES string of the molecule is CC(C)(C)C(=O)Oc1ccc2c(c1)OC[C@H](c1cccc(C(F)(F)F)c1)[C@@H]2c1ccc(OCCN2CCCC2)cc1.Cl. The molecule has 226 valence electrons. The molecule has 0 radical (unpaired) electrons. The van der Waals surface area contributed by atoms with E-state index in [1.807, 2.05) is 30.3 Å². The van der Waals surface area contributed by atoms with Gasteiger partial charge in [0.15, 0.2) is 0 Å². The highest BCUT2D eigenvalue weighted by Gasteiger charge is 2.36. The number of alkyl halides is 3. The third kappa shape index (κ3) is 7.39. The van der Waals surface area contributed by atoms with Crippen molar-refractivity contribution in [2.75, 3.05) is 32.8 Å². The summed E-state index contributed by atoms with van der Waals surface area (Å²) in [7, 11) is 0. The van der Waals surface area contributed by atoms with Crippen LogP contribution in [0, 0.1) is 5.41 Å². The number of carbonyl (C=O) groups is 1. The Labute approximate surface area is 251 Å². The Hall–Kier alpha value is -3.23. The van der Waals surface area contributed by atoms with Crippen LogP contribution in [-0.4, -0.2) is 43.7 Å². The molecule has 0 spiro atoms. The van der Waals surface area contributed by atoms with Crippen LogP contribution in [0.25, 0.3) is 0 Å². The van der Waals surface area contributed by atoms with Gasteiger partial charge in [0.2, 0.25) is 0 Å². The summed E-state index contributed by atoms with van der Waals surface area (Å²) in [6, 6.07) is 18.5. The molecule has 5 rings (SSSR count). The first kappa shape index (κ1) is 31.7. The maximum absolute atomic E-state index is 13.6. The number of rotatable bonds is 7. The summed E-state index contributed by atoms with van der Waals surface area (Å²) in [6.07, 6.45) is -1.98. The normalized spacial score (nSPS) is 18.9. The molecule has 3 aromatic rings. The van der Waals surface area contributed by atoms with E-state index in [2.05, 4.69) is 4.90 Å². The molecule has 2 aliphatic rings. The molecule has 0 aromatic heterocycles. The average molecular weight is 604 g/mol. The number of ether oxygens (including phenoxy) is 3. The second-order valence-electron chi connectivity index (χ2n) is 11.8. The fourth-order valence-corrected chi connectivity index (χ4v) is 5.43. The van der Waals surface area contributed by atoms with E-state index in [4.69, 9.17) is 14.2 Å². The zero-order valence-electron chi connectivity index (χ0n) is 24.1. The van der Waals surface area contributed by atoms with Gasteiger partial charge in [-0.05, 0) is 82.1 Å². The van der Waals surface area contributed by atoms with Crippen molar-refractivity contribution in [1.82, 2.24) is 4.90 Å². The van der Waals surface area contributed by atoms with Gasteiger partial charge in [0.05, 0.1) is 17.6 Å². The van der Waals surface area contributed by atoms with Crippen molar-refractivity contribution < 1.29 is 32.2 Å². The van der Waals surface area contributed by atoms with Gasteiger partial charge in [0.1, 0.15) is 23.9 Å². The molecule has 0 aliphatic carbocycles. The van der Waals surface area contributed by atoms with Crippen LogP contribution in [0.3, 0.4) is 0 Å². The van der Waals surface area contributed by atoms with Crippen molar-refractivity contribution in [2.24, 2.45) is 5.41 Å². The molecule has 2 atom stereocenters. The molecule has 0 saturated carbocycles. The summed E-state index contributed by atoms with van der Waals surface area (Å²) < 4.78 is 58.4. The number of likely N-dealkylation sites (tertiary alicyclic amines) is 1. The van der Waals surface area contributed by atoms with Gasteiger partial charge in [-0.1, -0.05) is 36.4 Å². The molecule has 3 aromatic carbocycles. The highest BCUT2D eigenvalue weighted by molar-refractivity contribution is 5.85. The Morgan fingerprint density at radius 2 is 1.62 bits per heavy atom. The van der Waals surface area contributed by atoms with Crippen molar-refractivity contribution in [3.63, 3.8) is 0 Å². The summed E-state index contributed by atoms with van der Waals surface area (Å²) in [5.41, 5.74) is 0.933. The van der Waals surface area contributed by atoms with Crippen LogP contribution in [0.4, 0.5) is 13.2 Å². The predicted octanol–water partition coefficient (Wildman–Crippen LogP) is 7.86. The summed E-state index contributed by atoms with van der Waals surface area (Å²) in [4.78, 5) is 14.8. The van der Waals surface area contributed by atoms with Crippen LogP contribution in [0.1, 0.15) is 67.7 Å². The van der Waals surface area contributed by atoms with Gasteiger partial charge in [-0.15, -0.1) is 12.4 Å². The Morgan fingerprint density at radius 1 is 0.929 bits per heavy atom. The molecule has 1 fully saturated rings. The second kappa shape index (κ2) is 13.0. The van der Waals surface area contributed by atoms with Crippen LogP contribution in [0.15, 0.2) is 66.7 Å². The largest absolute Gasteiger partial charge is 0.492 e. The zero-order valence-corrected chi connectivity index (χ0v) is 24.9. The fourth-order valence-electron chi connectivity index (χ4n) is 5.43. The van der Waals surface area contributed by atoms with Gasteiger partial charge in [0, 0.05) is 30.0 Å². The summed E-state index contributed by atoms with van der Waals surface area (Å²) >= 11 is 0. The number of hydrogen-bond donors (Lipinski definition) is 0. The van der Waals surface area contributed by atoms with Crippen molar-refractivity contribution in [1.29, 1.82) is 0 Å². The molecule has 0 amide bonds. The number of carbonyl (C=O) groups excluding carboxylic acids is 1. The minimum absolute atomic E-state index is 0. The number of esters is 1. The number of fused-ring (bicyclic) bond motifs is 1. The molecule has 5 nitrogen and oxygen atoms in total. The van der Waals surface area contributed by atoms with E-state index in [1.165, 1.54) is 25.0 Å². The number of benzene rings is 3. The average Bonchev–Trinajstić information content (AvgIpc) is 3.45. The third-order valence-corrected chi connectivity index (χ3v) is 7.72. The Balaban J connectivity index is 0.00000405. The molecule has 2 aliphatic heterocycles. The van der Waals surface area contributed by atoms with Crippen LogP contribution in [0.2, 0.25) is 0 Å². The Kier molecular flexibility index (Phi) is 9.78. The van der Waals surface area contributed by atoms with Crippen LogP contribution in [-0.2, 0) is 11.0 Å². The maximum Gasteiger partial charge on any atom is 0.416 e. The van der Waals surface area contributed by atoms with Gasteiger partial charge >= 0.3 is 12.1 Å². The molecule has 0 unspecified atom stereocenters. The van der Waals surface area contributed by atoms with Gasteiger partial charge in [-0.25, -0.2) is 0 Å². The lowest BCUT2D eigenvalue weighted by molar-refractivity contribution is -0.143. The first-order chi connectivity index (χ1) is 19.5. The van der Waals surface area contributed by atoms with E-state index in [-0.39, 0.29) is 36.8 Å². The Bertz CT molecular complexity index is 1360. The first-order valence-electron chi connectivity index (χ1n) is 14.1. The van der Waals surface area contributed by atoms with Crippen LogP contribution >= 0.6 is 12.4 Å². The lowest BCUT2D eigenvalue weighted by atomic mass is 9.75. The monoisotopic (exact) mass is 603 g/mol. The summed E-state index contributed by atoms with van der Waals surface area (Å²) in [5.74, 6) is 0.639. The van der Waals surface area contributed by atoms with Crippen LogP contribution < -0.4 is 14.2 Å². The van der Waals surface area contributed by atoms with Crippen molar-refractivity contribution >= 4 is 18.4 Å². The van der Waals surface area contributed by atoms with E-state index in [0.717, 1.165) is 42.6 Å². The third-order valence-electron chi connectivity index (χ3n) is 7.72.